The van der Waals surface area contributed by atoms with Crippen LogP contribution in [0, 0.1) is 5.82 Å². The van der Waals surface area contributed by atoms with Crippen LogP contribution in [0.1, 0.15) is 24.8 Å². The van der Waals surface area contributed by atoms with Crippen LogP contribution in [0.2, 0.25) is 5.82 Å². The minimum absolute atomic E-state index is 0.0818. The molecule has 23 heavy (non-hydrogen) atoms. The number of unbranched alkanes of at least 4 members (excludes halogenated alkanes) is 1. The summed E-state index contributed by atoms with van der Waals surface area (Å²) < 4.78 is 12.9. The first kappa shape index (κ1) is 19.6. The van der Waals surface area contributed by atoms with Gasteiger partial charge in [-0.15, -0.1) is 0 Å². The molecule has 1 amide bonds. The molecule has 2 atom stereocenters. The van der Waals surface area contributed by atoms with Crippen LogP contribution in [0.4, 0.5) is 4.39 Å². The Hall–Kier alpha value is -1.48. The van der Waals surface area contributed by atoms with Crippen molar-refractivity contribution in [2.75, 3.05) is 13.1 Å². The molecule has 0 radical (unpaired) electrons. The highest BCUT2D eigenvalue weighted by Gasteiger charge is 2.25. The minimum atomic E-state index is -1.59. The first-order valence-electron chi connectivity index (χ1n) is 7.78. The maximum Gasteiger partial charge on any atom is 0.456 e. The van der Waals surface area contributed by atoms with Gasteiger partial charge in [-0.05, 0) is 43.5 Å². The molecule has 0 aliphatic heterocycles. The molecule has 0 heterocycles. The van der Waals surface area contributed by atoms with E-state index in [1.165, 1.54) is 12.1 Å². The zero-order valence-corrected chi connectivity index (χ0v) is 13.1. The van der Waals surface area contributed by atoms with E-state index in [-0.39, 0.29) is 18.3 Å². The summed E-state index contributed by atoms with van der Waals surface area (Å²) in [6.07, 6.45) is 2.42. The summed E-state index contributed by atoms with van der Waals surface area (Å²) in [4.78, 5) is 11.9. The van der Waals surface area contributed by atoms with E-state index in [1.54, 1.807) is 12.1 Å². The van der Waals surface area contributed by atoms with Gasteiger partial charge in [-0.2, -0.15) is 0 Å². The molecule has 0 bridgehead atoms. The monoisotopic (exact) mass is 325 g/mol. The van der Waals surface area contributed by atoms with Gasteiger partial charge in [0.15, 0.2) is 0 Å². The Morgan fingerprint density at radius 3 is 2.48 bits per heavy atom. The molecule has 128 valence electrons. The van der Waals surface area contributed by atoms with Gasteiger partial charge in [0, 0.05) is 12.4 Å². The number of hydrogen-bond acceptors (Lipinski definition) is 5. The summed E-state index contributed by atoms with van der Waals surface area (Å²) in [5, 5.41) is 21.5. The standard InChI is InChI=1S/C15H25BFN3O3/c17-13-6-4-11(5-7-13)9-12(16(22)23)10-20-15(21)14(19)3-1-2-8-18/h4-7,12,14,22-23H,1-3,8-10,18-19H2,(H,20,21)/t12?,14-/m0/s1. The van der Waals surface area contributed by atoms with E-state index < -0.39 is 19.0 Å². The number of benzene rings is 1. The quantitative estimate of drug-likeness (QED) is 0.301. The number of halogens is 1. The SMILES string of the molecule is NCCCC[C@H](N)C(=O)NCC(Cc1ccc(F)cc1)B(O)O. The van der Waals surface area contributed by atoms with Crippen molar-refractivity contribution in [3.63, 3.8) is 0 Å². The average molecular weight is 325 g/mol. The van der Waals surface area contributed by atoms with Crippen molar-refractivity contribution < 1.29 is 19.2 Å². The number of carbonyl (C=O) groups is 1. The summed E-state index contributed by atoms with van der Waals surface area (Å²) in [7, 11) is -1.59. The molecule has 0 aromatic heterocycles. The fourth-order valence-corrected chi connectivity index (χ4v) is 2.21. The summed E-state index contributed by atoms with van der Waals surface area (Å²) >= 11 is 0. The Balaban J connectivity index is 2.46. The summed E-state index contributed by atoms with van der Waals surface area (Å²) in [5.41, 5.74) is 11.9. The lowest BCUT2D eigenvalue weighted by Gasteiger charge is -2.18. The second-order valence-corrected chi connectivity index (χ2v) is 5.64. The van der Waals surface area contributed by atoms with E-state index in [0.29, 0.717) is 19.4 Å². The van der Waals surface area contributed by atoms with Gasteiger partial charge in [0.1, 0.15) is 5.82 Å². The Morgan fingerprint density at radius 1 is 1.26 bits per heavy atom. The molecule has 0 aliphatic carbocycles. The maximum absolute atomic E-state index is 12.9. The second-order valence-electron chi connectivity index (χ2n) is 5.64. The zero-order valence-electron chi connectivity index (χ0n) is 13.1. The van der Waals surface area contributed by atoms with Crippen LogP contribution in [0.15, 0.2) is 24.3 Å². The fourth-order valence-electron chi connectivity index (χ4n) is 2.21. The number of nitrogens with one attached hydrogen (secondary N) is 1. The first-order chi connectivity index (χ1) is 10.9. The highest BCUT2D eigenvalue weighted by atomic mass is 19.1. The van der Waals surface area contributed by atoms with Crippen LogP contribution in [0.3, 0.4) is 0 Å². The summed E-state index contributed by atoms with van der Waals surface area (Å²) in [5.74, 6) is -1.28. The summed E-state index contributed by atoms with van der Waals surface area (Å²) in [6, 6.07) is 5.13. The number of nitrogens with two attached hydrogens (primary N) is 2. The highest BCUT2D eigenvalue weighted by Crippen LogP contribution is 2.15. The Kier molecular flexibility index (Phi) is 8.79. The molecule has 1 rings (SSSR count). The van der Waals surface area contributed by atoms with Gasteiger partial charge in [-0.3, -0.25) is 4.79 Å². The van der Waals surface area contributed by atoms with Crippen molar-refractivity contribution >= 4 is 13.0 Å². The highest BCUT2D eigenvalue weighted by molar-refractivity contribution is 6.43. The lowest BCUT2D eigenvalue weighted by atomic mass is 9.69. The van der Waals surface area contributed by atoms with Crippen LogP contribution < -0.4 is 16.8 Å². The van der Waals surface area contributed by atoms with Crippen LogP contribution in [0.5, 0.6) is 0 Å². The third kappa shape index (κ3) is 7.56. The molecule has 7 N–H and O–H groups in total. The van der Waals surface area contributed by atoms with Crippen LogP contribution >= 0.6 is 0 Å². The molecule has 0 aliphatic rings. The number of rotatable bonds is 10. The molecular weight excluding hydrogens is 300 g/mol. The van der Waals surface area contributed by atoms with Gasteiger partial charge < -0.3 is 26.8 Å². The van der Waals surface area contributed by atoms with E-state index in [2.05, 4.69) is 5.32 Å². The molecule has 1 aromatic rings. The molecule has 8 heteroatoms. The molecule has 6 nitrogen and oxygen atoms in total. The number of hydrogen-bond donors (Lipinski definition) is 5. The van der Waals surface area contributed by atoms with Crippen molar-refractivity contribution in [1.82, 2.24) is 5.32 Å². The smallest absolute Gasteiger partial charge is 0.427 e. The number of amides is 1. The third-order valence-corrected chi connectivity index (χ3v) is 3.68. The molecule has 0 spiro atoms. The van der Waals surface area contributed by atoms with Crippen molar-refractivity contribution in [2.45, 2.75) is 37.5 Å². The lowest BCUT2D eigenvalue weighted by molar-refractivity contribution is -0.122. The van der Waals surface area contributed by atoms with Crippen molar-refractivity contribution in [3.8, 4) is 0 Å². The van der Waals surface area contributed by atoms with Crippen molar-refractivity contribution in [2.24, 2.45) is 11.5 Å². The topological polar surface area (TPSA) is 122 Å². The van der Waals surface area contributed by atoms with Crippen LogP contribution in [0.25, 0.3) is 0 Å². The molecule has 1 aromatic carbocycles. The van der Waals surface area contributed by atoms with E-state index in [1.807, 2.05) is 0 Å². The Labute approximate surface area is 136 Å². The average Bonchev–Trinajstić information content (AvgIpc) is 2.52. The van der Waals surface area contributed by atoms with Crippen molar-refractivity contribution in [1.29, 1.82) is 0 Å². The van der Waals surface area contributed by atoms with Gasteiger partial charge in [0.2, 0.25) is 5.91 Å². The van der Waals surface area contributed by atoms with Crippen LogP contribution in [-0.4, -0.2) is 42.2 Å². The molecule has 1 unspecified atom stereocenters. The summed E-state index contributed by atoms with van der Waals surface area (Å²) in [6.45, 7) is 0.642. The maximum atomic E-state index is 12.9. The number of carbonyl (C=O) groups excluding carboxylic acids is 1. The van der Waals surface area contributed by atoms with E-state index in [0.717, 1.165) is 18.4 Å². The third-order valence-electron chi connectivity index (χ3n) is 3.68. The predicted molar refractivity (Wildman–Crippen MR) is 87.9 cm³/mol. The molecule has 0 saturated carbocycles. The molecule has 0 saturated heterocycles. The van der Waals surface area contributed by atoms with Crippen LogP contribution in [-0.2, 0) is 11.2 Å². The van der Waals surface area contributed by atoms with E-state index in [9.17, 15) is 19.2 Å². The first-order valence-corrected chi connectivity index (χ1v) is 7.78. The normalized spacial score (nSPS) is 13.4. The Bertz CT molecular complexity index is 474. The van der Waals surface area contributed by atoms with E-state index in [4.69, 9.17) is 11.5 Å². The Morgan fingerprint density at radius 2 is 1.91 bits per heavy atom. The van der Waals surface area contributed by atoms with Gasteiger partial charge in [-0.25, -0.2) is 4.39 Å². The second kappa shape index (κ2) is 10.3. The van der Waals surface area contributed by atoms with Gasteiger partial charge in [0.05, 0.1) is 6.04 Å². The van der Waals surface area contributed by atoms with Crippen molar-refractivity contribution in [3.05, 3.63) is 35.6 Å². The van der Waals surface area contributed by atoms with Gasteiger partial charge >= 0.3 is 7.12 Å². The molecular formula is C15H25BFN3O3. The fraction of sp³-hybridized carbons (Fsp3) is 0.533. The molecule has 0 fully saturated rings. The van der Waals surface area contributed by atoms with E-state index >= 15 is 0 Å². The predicted octanol–water partition coefficient (Wildman–Crippen LogP) is -0.216. The largest absolute Gasteiger partial charge is 0.456 e. The zero-order chi connectivity index (χ0) is 17.2. The van der Waals surface area contributed by atoms with Gasteiger partial charge in [-0.1, -0.05) is 18.6 Å². The lowest BCUT2D eigenvalue weighted by Crippen LogP contribution is -2.43. The minimum Gasteiger partial charge on any atom is -0.427 e. The van der Waals surface area contributed by atoms with Gasteiger partial charge in [0.25, 0.3) is 0 Å².